The smallest absolute Gasteiger partial charge is 0.311 e. The summed E-state index contributed by atoms with van der Waals surface area (Å²) in [5.74, 6) is 0.259. The first-order valence-electron chi connectivity index (χ1n) is 9.32. The van der Waals surface area contributed by atoms with Crippen molar-refractivity contribution in [3.8, 4) is 16.9 Å². The van der Waals surface area contributed by atoms with Crippen LogP contribution in [0.4, 0.5) is 17.1 Å². The molecule has 3 aromatic rings. The third-order valence-electron chi connectivity index (χ3n) is 5.16. The number of pyridine rings is 1. The zero-order chi connectivity index (χ0) is 20.4. The Bertz CT molecular complexity index is 1010. The summed E-state index contributed by atoms with van der Waals surface area (Å²) in [4.78, 5) is 19.8. The first-order valence-corrected chi connectivity index (χ1v) is 9.32. The lowest BCUT2D eigenvalue weighted by Gasteiger charge is -2.38. The maximum absolute atomic E-state index is 11.5. The number of anilines is 2. The van der Waals surface area contributed by atoms with Gasteiger partial charge in [-0.25, -0.2) is 0 Å². The van der Waals surface area contributed by atoms with Gasteiger partial charge in [-0.2, -0.15) is 5.10 Å². The highest BCUT2D eigenvalue weighted by Crippen LogP contribution is 2.40. The summed E-state index contributed by atoms with van der Waals surface area (Å²) >= 11 is 0. The number of nitro benzene ring substituents is 1. The molecule has 1 aliphatic rings. The Hall–Kier alpha value is -3.62. The van der Waals surface area contributed by atoms with Gasteiger partial charge in [0.05, 0.1) is 18.2 Å². The lowest BCUT2D eigenvalue weighted by atomic mass is 10.0. The number of nitro groups is 1. The zero-order valence-corrected chi connectivity index (χ0v) is 16.4. The van der Waals surface area contributed by atoms with Crippen molar-refractivity contribution in [1.29, 1.82) is 0 Å². The van der Waals surface area contributed by atoms with Gasteiger partial charge in [-0.05, 0) is 12.1 Å². The van der Waals surface area contributed by atoms with Crippen LogP contribution in [0.25, 0.3) is 11.1 Å². The predicted molar refractivity (Wildman–Crippen MR) is 111 cm³/mol. The highest BCUT2D eigenvalue weighted by molar-refractivity contribution is 5.82. The van der Waals surface area contributed by atoms with Crippen molar-refractivity contribution < 1.29 is 9.66 Å². The standard InChI is InChI=1S/C20H22N6O3/c1-23-14-15(13-22-23)17-11-19(26(27)28)20(29-2)12-18(17)25-9-7-24(8-10-25)16-3-5-21-6-4-16/h3-6,11-14H,7-10H2,1-2H3. The molecule has 150 valence electrons. The fourth-order valence-electron chi connectivity index (χ4n) is 3.68. The quantitative estimate of drug-likeness (QED) is 0.485. The molecule has 3 heterocycles. The summed E-state index contributed by atoms with van der Waals surface area (Å²) in [5, 5.41) is 15.8. The Labute approximate surface area is 168 Å². The fourth-order valence-corrected chi connectivity index (χ4v) is 3.68. The minimum atomic E-state index is -0.413. The molecular weight excluding hydrogens is 372 g/mol. The number of rotatable bonds is 5. The van der Waals surface area contributed by atoms with Crippen molar-refractivity contribution in [2.75, 3.05) is 43.1 Å². The van der Waals surface area contributed by atoms with Crippen LogP contribution in [0.2, 0.25) is 0 Å². The van der Waals surface area contributed by atoms with Gasteiger partial charge in [0, 0.05) is 86.5 Å². The van der Waals surface area contributed by atoms with E-state index in [9.17, 15) is 10.1 Å². The van der Waals surface area contributed by atoms with E-state index < -0.39 is 4.92 Å². The summed E-state index contributed by atoms with van der Waals surface area (Å²) in [7, 11) is 3.28. The van der Waals surface area contributed by atoms with Crippen LogP contribution >= 0.6 is 0 Å². The van der Waals surface area contributed by atoms with Crippen molar-refractivity contribution in [3.05, 3.63) is 59.2 Å². The minimum absolute atomic E-state index is 0.0504. The zero-order valence-electron chi connectivity index (χ0n) is 16.4. The summed E-state index contributed by atoms with van der Waals surface area (Å²) in [6, 6.07) is 7.36. The number of aromatic nitrogens is 3. The van der Waals surface area contributed by atoms with Crippen LogP contribution in [0.15, 0.2) is 49.1 Å². The van der Waals surface area contributed by atoms with Crippen LogP contribution in [0, 0.1) is 10.1 Å². The molecule has 0 bridgehead atoms. The molecule has 0 saturated carbocycles. The first-order chi connectivity index (χ1) is 14.1. The summed E-state index contributed by atoms with van der Waals surface area (Å²) in [6.07, 6.45) is 7.18. The maximum Gasteiger partial charge on any atom is 0.311 e. The van der Waals surface area contributed by atoms with Crippen LogP contribution in [0.1, 0.15) is 0 Å². The molecule has 0 aliphatic carbocycles. The molecule has 0 N–H and O–H groups in total. The molecule has 0 atom stereocenters. The van der Waals surface area contributed by atoms with Crippen LogP contribution in [0.5, 0.6) is 5.75 Å². The van der Waals surface area contributed by atoms with E-state index in [2.05, 4.69) is 19.9 Å². The first kappa shape index (κ1) is 18.7. The molecule has 1 saturated heterocycles. The number of ether oxygens (including phenoxy) is 1. The van der Waals surface area contributed by atoms with E-state index in [-0.39, 0.29) is 11.4 Å². The van der Waals surface area contributed by atoms with E-state index in [4.69, 9.17) is 4.74 Å². The van der Waals surface area contributed by atoms with E-state index in [1.54, 1.807) is 35.4 Å². The monoisotopic (exact) mass is 394 g/mol. The number of aryl methyl sites for hydroxylation is 1. The lowest BCUT2D eigenvalue weighted by molar-refractivity contribution is -0.385. The van der Waals surface area contributed by atoms with Crippen molar-refractivity contribution in [3.63, 3.8) is 0 Å². The predicted octanol–water partition coefficient (Wildman–Crippen LogP) is 2.73. The van der Waals surface area contributed by atoms with E-state index >= 15 is 0 Å². The van der Waals surface area contributed by atoms with Crippen molar-refractivity contribution >= 4 is 17.1 Å². The van der Waals surface area contributed by atoms with Crippen LogP contribution < -0.4 is 14.5 Å². The van der Waals surface area contributed by atoms with Gasteiger partial charge in [-0.3, -0.25) is 19.8 Å². The second-order valence-electron chi connectivity index (χ2n) is 6.88. The lowest BCUT2D eigenvalue weighted by Crippen LogP contribution is -2.46. The maximum atomic E-state index is 11.5. The van der Waals surface area contributed by atoms with Gasteiger partial charge in [0.1, 0.15) is 0 Å². The topological polar surface area (TPSA) is 89.6 Å². The number of piperazine rings is 1. The van der Waals surface area contributed by atoms with E-state index in [0.717, 1.165) is 48.7 Å². The number of methoxy groups -OCH3 is 1. The van der Waals surface area contributed by atoms with Gasteiger partial charge in [0.25, 0.3) is 0 Å². The average molecular weight is 394 g/mol. The molecule has 2 aromatic heterocycles. The number of nitrogens with zero attached hydrogens (tertiary/aromatic N) is 6. The van der Waals surface area contributed by atoms with E-state index in [1.165, 1.54) is 7.11 Å². The minimum Gasteiger partial charge on any atom is -0.490 e. The number of hydrogen-bond donors (Lipinski definition) is 0. The molecule has 1 aliphatic heterocycles. The third-order valence-corrected chi connectivity index (χ3v) is 5.16. The molecule has 0 amide bonds. The third kappa shape index (κ3) is 3.71. The molecule has 4 rings (SSSR count). The highest BCUT2D eigenvalue weighted by Gasteiger charge is 2.25. The molecular formula is C20H22N6O3. The van der Waals surface area contributed by atoms with Gasteiger partial charge < -0.3 is 14.5 Å². The van der Waals surface area contributed by atoms with Gasteiger partial charge in [-0.15, -0.1) is 0 Å². The summed E-state index contributed by atoms with van der Waals surface area (Å²) in [6.45, 7) is 3.26. The average Bonchev–Trinajstić information content (AvgIpc) is 3.19. The SMILES string of the molecule is COc1cc(N2CCN(c3ccncc3)CC2)c(-c2cnn(C)c2)cc1[N+](=O)[O-]. The van der Waals surface area contributed by atoms with Crippen molar-refractivity contribution in [2.24, 2.45) is 7.05 Å². The molecule has 9 nitrogen and oxygen atoms in total. The molecule has 9 heteroatoms. The second kappa shape index (κ2) is 7.78. The van der Waals surface area contributed by atoms with Crippen LogP contribution in [-0.4, -0.2) is 53.0 Å². The van der Waals surface area contributed by atoms with Crippen molar-refractivity contribution in [2.45, 2.75) is 0 Å². The summed E-state index contributed by atoms with van der Waals surface area (Å²) in [5.41, 5.74) is 3.63. The normalized spacial score (nSPS) is 14.1. The van der Waals surface area contributed by atoms with Crippen molar-refractivity contribution in [1.82, 2.24) is 14.8 Å². The molecule has 1 fully saturated rings. The van der Waals surface area contributed by atoms with Crippen LogP contribution in [0.3, 0.4) is 0 Å². The summed E-state index contributed by atoms with van der Waals surface area (Å²) < 4.78 is 7.01. The van der Waals surface area contributed by atoms with Gasteiger partial charge >= 0.3 is 5.69 Å². The number of benzene rings is 1. The van der Waals surface area contributed by atoms with E-state index in [1.807, 2.05) is 25.4 Å². The highest BCUT2D eigenvalue weighted by atomic mass is 16.6. The largest absolute Gasteiger partial charge is 0.490 e. The van der Waals surface area contributed by atoms with Gasteiger partial charge in [0.15, 0.2) is 5.75 Å². The Morgan fingerprint density at radius 2 is 1.79 bits per heavy atom. The Morgan fingerprint density at radius 1 is 1.10 bits per heavy atom. The molecule has 29 heavy (non-hydrogen) atoms. The Morgan fingerprint density at radius 3 is 2.38 bits per heavy atom. The molecule has 0 radical (unpaired) electrons. The van der Waals surface area contributed by atoms with Gasteiger partial charge in [-0.1, -0.05) is 0 Å². The fraction of sp³-hybridized carbons (Fsp3) is 0.300. The Balaban J connectivity index is 1.68. The van der Waals surface area contributed by atoms with Crippen LogP contribution in [-0.2, 0) is 7.05 Å². The second-order valence-corrected chi connectivity index (χ2v) is 6.88. The Kier molecular flexibility index (Phi) is 5.03. The molecule has 0 unspecified atom stereocenters. The number of hydrogen-bond acceptors (Lipinski definition) is 7. The van der Waals surface area contributed by atoms with Gasteiger partial charge in [0.2, 0.25) is 0 Å². The molecule has 1 aromatic carbocycles. The molecule has 0 spiro atoms. The van der Waals surface area contributed by atoms with E-state index in [0.29, 0.717) is 0 Å².